The second kappa shape index (κ2) is 11.9. The van der Waals surface area contributed by atoms with Crippen molar-refractivity contribution in [3.05, 3.63) is 74.8 Å². The highest BCUT2D eigenvalue weighted by molar-refractivity contribution is 7.91. The maximum atomic E-state index is 13.6. The van der Waals surface area contributed by atoms with Gasteiger partial charge in [-0.2, -0.15) is 26.3 Å². The molecule has 2 rings (SSSR count). The molecular formula is C23H21Cl2F6NO2S. The van der Waals surface area contributed by atoms with Crippen molar-refractivity contribution < 1.29 is 35.7 Å². The largest absolute Gasteiger partial charge is 0.616 e. The van der Waals surface area contributed by atoms with Crippen LogP contribution in [0.2, 0.25) is 10.0 Å². The van der Waals surface area contributed by atoms with E-state index in [0.29, 0.717) is 11.1 Å². The summed E-state index contributed by atoms with van der Waals surface area (Å²) in [5.74, 6) is -4.41. The standard InChI is InChI=1S/C23H21Cl2F6NO2S/c1-13-7-15(4-6-20(23(29,30)31)16-8-17(24)10-18(25)9-16)3-5-19(13)21(33)32-14(2)11-35(34)12-22(26,27)28/h3-10,14,20H,11-12H2,1-2H3,(H,32,33)/b6-4+/t14-,20?,35?/m1/s1. The van der Waals surface area contributed by atoms with Gasteiger partial charge >= 0.3 is 12.4 Å². The molecule has 0 radical (unpaired) electrons. The van der Waals surface area contributed by atoms with E-state index in [0.717, 1.165) is 6.08 Å². The molecule has 2 aromatic carbocycles. The Labute approximate surface area is 211 Å². The summed E-state index contributed by atoms with van der Waals surface area (Å²) < 4.78 is 89.5. The van der Waals surface area contributed by atoms with Crippen LogP contribution in [0, 0.1) is 6.92 Å². The molecule has 0 saturated carbocycles. The minimum atomic E-state index is -4.61. The molecule has 3 atom stereocenters. The van der Waals surface area contributed by atoms with Gasteiger partial charge in [0.15, 0.2) is 0 Å². The number of nitrogens with one attached hydrogen (secondary N) is 1. The summed E-state index contributed by atoms with van der Waals surface area (Å²) in [6.07, 6.45) is -6.97. The average molecular weight is 560 g/mol. The van der Waals surface area contributed by atoms with E-state index in [1.165, 1.54) is 49.4 Å². The zero-order valence-electron chi connectivity index (χ0n) is 18.4. The number of carbonyl (C=O) groups excluding carboxylic acids is 1. The fourth-order valence-electron chi connectivity index (χ4n) is 3.28. The van der Waals surface area contributed by atoms with Crippen molar-refractivity contribution in [2.24, 2.45) is 0 Å². The molecule has 35 heavy (non-hydrogen) atoms. The lowest BCUT2D eigenvalue weighted by Crippen LogP contribution is -2.40. The summed E-state index contributed by atoms with van der Waals surface area (Å²) in [5, 5.41) is 2.62. The summed E-state index contributed by atoms with van der Waals surface area (Å²) >= 11 is 9.49. The van der Waals surface area contributed by atoms with E-state index in [1.54, 1.807) is 6.92 Å². The van der Waals surface area contributed by atoms with Crippen LogP contribution in [0.5, 0.6) is 0 Å². The molecule has 1 N–H and O–H groups in total. The minimum Gasteiger partial charge on any atom is -0.616 e. The van der Waals surface area contributed by atoms with Gasteiger partial charge in [-0.15, -0.1) is 0 Å². The second-order valence-electron chi connectivity index (χ2n) is 7.90. The van der Waals surface area contributed by atoms with Gasteiger partial charge in [0.1, 0.15) is 5.75 Å². The number of hydrogen-bond donors (Lipinski definition) is 1. The first-order chi connectivity index (χ1) is 16.0. The Bertz CT molecular complexity index is 1050. The lowest BCUT2D eigenvalue weighted by Gasteiger charge is -2.19. The molecule has 2 unspecified atom stereocenters. The fraction of sp³-hybridized carbons (Fsp3) is 0.348. The quantitative estimate of drug-likeness (QED) is 0.277. The van der Waals surface area contributed by atoms with Crippen molar-refractivity contribution in [3.8, 4) is 0 Å². The molecule has 0 bridgehead atoms. The predicted octanol–water partition coefficient (Wildman–Crippen LogP) is 7.09. The van der Waals surface area contributed by atoms with Crippen LogP contribution < -0.4 is 5.32 Å². The number of allylic oxidation sites excluding steroid dienone is 1. The Morgan fingerprint density at radius 1 is 1.09 bits per heavy atom. The Kier molecular flexibility index (Phi) is 9.98. The fourth-order valence-corrected chi connectivity index (χ4v) is 4.95. The molecule has 0 spiro atoms. The summed E-state index contributed by atoms with van der Waals surface area (Å²) in [5.41, 5.74) is 0.879. The van der Waals surface area contributed by atoms with Gasteiger partial charge in [0.2, 0.25) is 5.75 Å². The van der Waals surface area contributed by atoms with Crippen molar-refractivity contribution in [1.29, 1.82) is 0 Å². The maximum absolute atomic E-state index is 13.6. The van der Waals surface area contributed by atoms with Crippen LogP contribution in [-0.2, 0) is 11.2 Å². The van der Waals surface area contributed by atoms with Crippen LogP contribution >= 0.6 is 23.2 Å². The normalized spacial score (nSPS) is 15.2. The molecule has 192 valence electrons. The maximum Gasteiger partial charge on any atom is 0.433 e. The van der Waals surface area contributed by atoms with E-state index >= 15 is 0 Å². The number of benzene rings is 2. The third kappa shape index (κ3) is 9.59. The predicted molar refractivity (Wildman–Crippen MR) is 126 cm³/mol. The van der Waals surface area contributed by atoms with Crippen LogP contribution in [0.1, 0.15) is 39.9 Å². The highest BCUT2D eigenvalue weighted by Gasteiger charge is 2.39. The summed E-state index contributed by atoms with van der Waals surface area (Å²) in [6, 6.07) is 7.21. The molecule has 3 nitrogen and oxygen atoms in total. The van der Waals surface area contributed by atoms with Gasteiger partial charge in [-0.25, -0.2) is 0 Å². The van der Waals surface area contributed by atoms with Crippen molar-refractivity contribution in [1.82, 2.24) is 5.32 Å². The SMILES string of the molecule is Cc1cc(/C=C/C(c2cc(Cl)cc(Cl)c2)C(F)(F)F)ccc1C(=O)N[C@H](C)C[S+]([O-])CC(F)(F)F. The summed E-state index contributed by atoms with van der Waals surface area (Å²) in [6.45, 7) is 2.99. The molecule has 0 aliphatic heterocycles. The van der Waals surface area contributed by atoms with Crippen molar-refractivity contribution in [2.45, 2.75) is 38.2 Å². The first-order valence-electron chi connectivity index (χ1n) is 10.1. The van der Waals surface area contributed by atoms with Gasteiger partial charge in [-0.05, 0) is 66.0 Å². The molecule has 0 fully saturated rings. The third-order valence-corrected chi connectivity index (χ3v) is 6.67. The van der Waals surface area contributed by atoms with E-state index in [1.807, 2.05) is 0 Å². The monoisotopic (exact) mass is 559 g/mol. The number of amides is 1. The van der Waals surface area contributed by atoms with E-state index in [4.69, 9.17) is 23.2 Å². The van der Waals surface area contributed by atoms with Gasteiger partial charge < -0.3 is 9.87 Å². The van der Waals surface area contributed by atoms with Crippen LogP contribution in [0.3, 0.4) is 0 Å². The molecule has 0 saturated heterocycles. The lowest BCUT2D eigenvalue weighted by atomic mass is 9.96. The second-order valence-corrected chi connectivity index (χ2v) is 10.3. The van der Waals surface area contributed by atoms with Crippen LogP contribution in [-0.4, -0.2) is 40.4 Å². The molecule has 0 heterocycles. The highest BCUT2D eigenvalue weighted by Crippen LogP contribution is 2.38. The first-order valence-corrected chi connectivity index (χ1v) is 12.3. The van der Waals surface area contributed by atoms with Crippen LogP contribution in [0.25, 0.3) is 6.08 Å². The average Bonchev–Trinajstić information content (AvgIpc) is 2.64. The van der Waals surface area contributed by atoms with Gasteiger partial charge in [-0.3, -0.25) is 4.79 Å². The molecule has 0 aromatic heterocycles. The van der Waals surface area contributed by atoms with Crippen molar-refractivity contribution >= 4 is 46.4 Å². The van der Waals surface area contributed by atoms with Gasteiger partial charge in [0.05, 0.1) is 12.0 Å². The number of rotatable bonds is 8. The minimum absolute atomic E-state index is 0.0674. The topological polar surface area (TPSA) is 52.2 Å². The van der Waals surface area contributed by atoms with E-state index < -0.39 is 47.1 Å². The summed E-state index contributed by atoms with van der Waals surface area (Å²) in [7, 11) is 0. The molecule has 0 aliphatic carbocycles. The highest BCUT2D eigenvalue weighted by atomic mass is 35.5. The number of hydrogen-bond acceptors (Lipinski definition) is 2. The van der Waals surface area contributed by atoms with E-state index in [-0.39, 0.29) is 26.9 Å². The Hall–Kier alpha value is -1.88. The van der Waals surface area contributed by atoms with Gasteiger partial charge in [0, 0.05) is 15.6 Å². The Morgan fingerprint density at radius 2 is 1.69 bits per heavy atom. The molecule has 2 aromatic rings. The number of carbonyl (C=O) groups is 1. The van der Waals surface area contributed by atoms with Crippen LogP contribution in [0.15, 0.2) is 42.5 Å². The Balaban J connectivity index is 2.14. The lowest BCUT2D eigenvalue weighted by molar-refractivity contribution is -0.139. The Morgan fingerprint density at radius 3 is 2.20 bits per heavy atom. The number of alkyl halides is 6. The van der Waals surface area contributed by atoms with E-state index in [9.17, 15) is 35.7 Å². The smallest absolute Gasteiger partial charge is 0.433 e. The van der Waals surface area contributed by atoms with Gasteiger partial charge in [-0.1, -0.05) is 47.5 Å². The molecule has 0 aliphatic rings. The number of aryl methyl sites for hydroxylation is 1. The first kappa shape index (κ1) is 29.4. The van der Waals surface area contributed by atoms with Crippen molar-refractivity contribution in [2.75, 3.05) is 11.5 Å². The third-order valence-electron chi connectivity index (χ3n) is 4.71. The molecule has 12 heteroatoms. The number of halogens is 8. The molecular weight excluding hydrogens is 539 g/mol. The zero-order chi connectivity index (χ0) is 26.6. The van der Waals surface area contributed by atoms with Crippen molar-refractivity contribution in [3.63, 3.8) is 0 Å². The van der Waals surface area contributed by atoms with Crippen LogP contribution in [0.4, 0.5) is 26.3 Å². The molecule has 1 amide bonds. The zero-order valence-corrected chi connectivity index (χ0v) is 20.8. The summed E-state index contributed by atoms with van der Waals surface area (Å²) in [4.78, 5) is 12.5. The van der Waals surface area contributed by atoms with E-state index in [2.05, 4.69) is 5.32 Å². The van der Waals surface area contributed by atoms with Gasteiger partial charge in [0.25, 0.3) is 5.91 Å².